The van der Waals surface area contributed by atoms with Gasteiger partial charge in [-0.15, -0.1) is 0 Å². The van der Waals surface area contributed by atoms with Gasteiger partial charge in [0.05, 0.1) is 0 Å². The van der Waals surface area contributed by atoms with Gasteiger partial charge < -0.3 is 5.73 Å². The molecule has 0 amide bonds. The number of nitrogens with two attached hydrogens (primary N) is 1. The quantitative estimate of drug-likeness (QED) is 0.455. The summed E-state index contributed by atoms with van der Waals surface area (Å²) in [5.41, 5.74) is 5.32. The second-order valence-corrected chi connectivity index (χ2v) is 2.21. The summed E-state index contributed by atoms with van der Waals surface area (Å²) < 4.78 is 0. The summed E-state index contributed by atoms with van der Waals surface area (Å²) in [6, 6.07) is 0. The SMILES string of the molecule is CC1CB1CN. The average molecular weight is 82.9 g/mol. The third kappa shape index (κ3) is 0.572. The van der Waals surface area contributed by atoms with E-state index in [-0.39, 0.29) is 0 Å². The Balaban J connectivity index is 2.09. The van der Waals surface area contributed by atoms with Crippen LogP contribution in [0.15, 0.2) is 0 Å². The normalized spacial score (nSPS) is 31.0. The molecule has 0 radical (unpaired) electrons. The van der Waals surface area contributed by atoms with Gasteiger partial charge in [-0.3, -0.25) is 0 Å². The molecule has 1 aliphatic heterocycles. The lowest BCUT2D eigenvalue weighted by Crippen LogP contribution is -2.09. The van der Waals surface area contributed by atoms with E-state index >= 15 is 0 Å². The highest BCUT2D eigenvalue weighted by molar-refractivity contribution is 6.71. The third-order valence-electron chi connectivity index (χ3n) is 1.58. The third-order valence-corrected chi connectivity index (χ3v) is 1.58. The van der Waals surface area contributed by atoms with Crippen LogP contribution in [0.5, 0.6) is 0 Å². The van der Waals surface area contributed by atoms with Gasteiger partial charge in [-0.25, -0.2) is 0 Å². The van der Waals surface area contributed by atoms with Crippen LogP contribution in [-0.4, -0.2) is 13.2 Å². The Labute approximate surface area is 39.0 Å². The van der Waals surface area contributed by atoms with Crippen molar-refractivity contribution in [3.8, 4) is 0 Å². The molecule has 34 valence electrons. The van der Waals surface area contributed by atoms with Crippen molar-refractivity contribution in [2.75, 3.05) is 6.44 Å². The molecule has 2 heteroatoms. The Hall–Kier alpha value is 0.0249. The maximum Gasteiger partial charge on any atom is 0.157 e. The van der Waals surface area contributed by atoms with Crippen LogP contribution in [0.4, 0.5) is 0 Å². The van der Waals surface area contributed by atoms with Gasteiger partial charge in [0.25, 0.3) is 0 Å². The zero-order chi connectivity index (χ0) is 4.57. The van der Waals surface area contributed by atoms with Crippen LogP contribution in [0.1, 0.15) is 6.92 Å². The minimum Gasteiger partial charge on any atom is -0.337 e. The van der Waals surface area contributed by atoms with Gasteiger partial charge in [0.1, 0.15) is 0 Å². The standard InChI is InChI=1S/C4H10BN/c1-4-2-5(4)3-6/h4H,2-3,6H2,1H3. The molecular formula is C4H10BN. The molecule has 1 heterocycles. The Morgan fingerprint density at radius 1 is 2.00 bits per heavy atom. The van der Waals surface area contributed by atoms with E-state index in [1.54, 1.807) is 0 Å². The van der Waals surface area contributed by atoms with E-state index in [0.717, 1.165) is 19.0 Å². The highest BCUT2D eigenvalue weighted by atomic mass is 14.5. The van der Waals surface area contributed by atoms with Gasteiger partial charge in [-0.05, 0) is 6.44 Å². The Bertz CT molecular complexity index is 53.5. The number of rotatable bonds is 1. The molecule has 1 atom stereocenters. The summed E-state index contributed by atoms with van der Waals surface area (Å²) in [5, 5.41) is 0. The molecule has 1 fully saturated rings. The van der Waals surface area contributed by atoms with Crippen LogP contribution in [0, 0.1) is 0 Å². The van der Waals surface area contributed by atoms with Gasteiger partial charge in [0, 0.05) is 0 Å². The van der Waals surface area contributed by atoms with Crippen molar-refractivity contribution < 1.29 is 0 Å². The number of hydrogen-bond acceptors (Lipinski definition) is 1. The maximum absolute atomic E-state index is 5.32. The van der Waals surface area contributed by atoms with Gasteiger partial charge in [0.2, 0.25) is 0 Å². The van der Waals surface area contributed by atoms with Crippen LogP contribution in [0.2, 0.25) is 12.1 Å². The lowest BCUT2D eigenvalue weighted by Gasteiger charge is -1.75. The van der Waals surface area contributed by atoms with Gasteiger partial charge in [-0.1, -0.05) is 19.1 Å². The Morgan fingerprint density at radius 3 is 2.50 bits per heavy atom. The van der Waals surface area contributed by atoms with Crippen LogP contribution < -0.4 is 5.73 Å². The average Bonchev–Trinajstić information content (AvgIpc) is 2.19. The first kappa shape index (κ1) is 4.19. The second-order valence-electron chi connectivity index (χ2n) is 2.21. The first-order chi connectivity index (χ1) is 2.84. The van der Waals surface area contributed by atoms with Gasteiger partial charge >= 0.3 is 0 Å². The van der Waals surface area contributed by atoms with Crippen molar-refractivity contribution >= 4 is 6.71 Å². The summed E-state index contributed by atoms with van der Waals surface area (Å²) in [6.45, 7) is 3.13. The maximum atomic E-state index is 5.32. The van der Waals surface area contributed by atoms with Crippen LogP contribution >= 0.6 is 0 Å². The van der Waals surface area contributed by atoms with Crippen molar-refractivity contribution in [1.29, 1.82) is 0 Å². The molecule has 1 aliphatic rings. The minimum atomic E-state index is 0.880. The predicted molar refractivity (Wildman–Crippen MR) is 29.0 cm³/mol. The van der Waals surface area contributed by atoms with E-state index in [1.165, 1.54) is 6.32 Å². The topological polar surface area (TPSA) is 26.0 Å². The van der Waals surface area contributed by atoms with E-state index in [2.05, 4.69) is 6.92 Å². The smallest absolute Gasteiger partial charge is 0.157 e. The van der Waals surface area contributed by atoms with E-state index < -0.39 is 0 Å². The molecule has 1 saturated heterocycles. The summed E-state index contributed by atoms with van der Waals surface area (Å²) in [7, 11) is 0. The van der Waals surface area contributed by atoms with Gasteiger partial charge in [-0.2, -0.15) is 0 Å². The highest BCUT2D eigenvalue weighted by Crippen LogP contribution is 2.34. The fourth-order valence-corrected chi connectivity index (χ4v) is 0.728. The molecule has 0 aromatic rings. The molecule has 1 unspecified atom stereocenters. The van der Waals surface area contributed by atoms with Crippen molar-refractivity contribution in [1.82, 2.24) is 0 Å². The second kappa shape index (κ2) is 1.26. The van der Waals surface area contributed by atoms with Crippen LogP contribution in [0.25, 0.3) is 0 Å². The fraction of sp³-hybridized carbons (Fsp3) is 1.00. The molecule has 0 spiro atoms. The first-order valence-corrected chi connectivity index (χ1v) is 2.54. The molecule has 0 aromatic heterocycles. The Morgan fingerprint density at radius 2 is 2.50 bits per heavy atom. The molecule has 1 rings (SSSR count). The Kier molecular flexibility index (Phi) is 0.883. The molecule has 0 saturated carbocycles. The molecule has 1 nitrogen and oxygen atoms in total. The first-order valence-electron chi connectivity index (χ1n) is 2.54. The molecule has 0 bridgehead atoms. The molecule has 0 aromatic carbocycles. The number of hydrogen-bond donors (Lipinski definition) is 1. The summed E-state index contributed by atoms with van der Waals surface area (Å²) in [5.74, 6) is 0.940. The lowest BCUT2D eigenvalue weighted by molar-refractivity contribution is 1.20. The molecular weight excluding hydrogens is 72.9 g/mol. The predicted octanol–water partition coefficient (Wildman–Crippen LogP) is 0.383. The molecule has 6 heavy (non-hydrogen) atoms. The van der Waals surface area contributed by atoms with Crippen LogP contribution in [-0.2, 0) is 0 Å². The van der Waals surface area contributed by atoms with Crippen molar-refractivity contribution in [2.45, 2.75) is 19.1 Å². The van der Waals surface area contributed by atoms with Crippen molar-refractivity contribution in [3.63, 3.8) is 0 Å². The zero-order valence-electron chi connectivity index (χ0n) is 4.15. The van der Waals surface area contributed by atoms with Crippen LogP contribution in [0.3, 0.4) is 0 Å². The lowest BCUT2D eigenvalue weighted by atomic mass is 9.68. The minimum absolute atomic E-state index is 0.880. The van der Waals surface area contributed by atoms with E-state index in [4.69, 9.17) is 5.73 Å². The summed E-state index contributed by atoms with van der Waals surface area (Å²) in [4.78, 5) is 0. The fourth-order valence-electron chi connectivity index (χ4n) is 0.728. The van der Waals surface area contributed by atoms with E-state index in [9.17, 15) is 0 Å². The monoisotopic (exact) mass is 83.1 g/mol. The molecule has 2 N–H and O–H groups in total. The zero-order valence-corrected chi connectivity index (χ0v) is 4.15. The van der Waals surface area contributed by atoms with Gasteiger partial charge in [0.15, 0.2) is 6.71 Å². The summed E-state index contributed by atoms with van der Waals surface area (Å²) >= 11 is 0. The van der Waals surface area contributed by atoms with E-state index in [0.29, 0.717) is 0 Å². The van der Waals surface area contributed by atoms with Crippen molar-refractivity contribution in [3.05, 3.63) is 0 Å². The van der Waals surface area contributed by atoms with E-state index in [1.807, 2.05) is 0 Å². The summed E-state index contributed by atoms with van der Waals surface area (Å²) in [6.07, 6.45) is 2.28. The highest BCUT2D eigenvalue weighted by Gasteiger charge is 2.34. The van der Waals surface area contributed by atoms with Crippen molar-refractivity contribution in [2.24, 2.45) is 5.73 Å². The largest absolute Gasteiger partial charge is 0.337 e. The molecule has 0 aliphatic carbocycles.